The lowest BCUT2D eigenvalue weighted by molar-refractivity contribution is 0.967. The lowest BCUT2D eigenvalue weighted by Gasteiger charge is -2.12. The van der Waals surface area contributed by atoms with Gasteiger partial charge in [-0.05, 0) is 102 Å². The predicted molar refractivity (Wildman–Crippen MR) is 219 cm³/mol. The monoisotopic (exact) mass is 659 g/mol. The summed E-state index contributed by atoms with van der Waals surface area (Å²) < 4.78 is 4.73. The van der Waals surface area contributed by atoms with Crippen molar-refractivity contribution >= 4 is 44.4 Å². The molecule has 8 aromatic rings. The quantitative estimate of drug-likeness (QED) is 0.177. The number of hydrogen-bond donors (Lipinski definition) is 1. The van der Waals surface area contributed by atoms with Crippen molar-refractivity contribution in [2.45, 2.75) is 26.3 Å². The molecule has 248 valence electrons. The zero-order valence-electron chi connectivity index (χ0n) is 29.0. The molecule has 0 amide bonds. The van der Waals surface area contributed by atoms with Crippen LogP contribution in [0.1, 0.15) is 35.7 Å². The maximum atomic E-state index is 5.70. The number of rotatable bonds is 6. The van der Waals surface area contributed by atoms with Crippen LogP contribution in [0.25, 0.3) is 66.9 Å². The molecule has 0 fully saturated rings. The number of allylic oxidation sites excluding steroid dienone is 4. The first-order chi connectivity index (χ1) is 25.1. The number of aromatic nitrogens is 2. The molecule has 2 N–H and O–H groups in total. The van der Waals surface area contributed by atoms with E-state index in [1.165, 1.54) is 77.6 Å². The molecule has 0 atom stereocenters. The van der Waals surface area contributed by atoms with E-state index in [2.05, 4.69) is 186 Å². The molecule has 0 radical (unpaired) electrons. The minimum atomic E-state index is 0.576. The van der Waals surface area contributed by atoms with Crippen molar-refractivity contribution in [1.82, 2.24) is 9.13 Å². The summed E-state index contributed by atoms with van der Waals surface area (Å²) >= 11 is 0. The minimum Gasteiger partial charge on any atom is -0.326 e. The van der Waals surface area contributed by atoms with Gasteiger partial charge in [0.2, 0.25) is 0 Å². The lowest BCUT2D eigenvalue weighted by Crippen LogP contribution is -1.99. The number of fused-ring (bicyclic) bond motifs is 6. The van der Waals surface area contributed by atoms with Crippen molar-refractivity contribution in [1.29, 1.82) is 0 Å². The molecule has 0 aliphatic heterocycles. The van der Waals surface area contributed by atoms with Gasteiger partial charge in [-0.3, -0.25) is 0 Å². The third-order valence-electron chi connectivity index (χ3n) is 10.0. The maximum Gasteiger partial charge on any atom is 0.0543 e. The Kier molecular flexibility index (Phi) is 8.80. The second kappa shape index (κ2) is 14.0. The van der Waals surface area contributed by atoms with Crippen LogP contribution in [-0.4, -0.2) is 9.13 Å². The molecule has 0 spiro atoms. The third kappa shape index (κ3) is 6.03. The number of hydrogen-bond acceptors (Lipinski definition) is 1. The van der Waals surface area contributed by atoms with E-state index in [1.807, 2.05) is 6.08 Å². The average molecular weight is 660 g/mol. The summed E-state index contributed by atoms with van der Waals surface area (Å²) in [6.45, 7) is 6.53. The first-order valence-electron chi connectivity index (χ1n) is 17.7. The van der Waals surface area contributed by atoms with Crippen LogP contribution in [0.2, 0.25) is 0 Å². The highest BCUT2D eigenvalue weighted by Gasteiger charge is 2.19. The Labute approximate surface area is 299 Å². The molecule has 2 aromatic heterocycles. The predicted octanol–water partition coefficient (Wildman–Crippen LogP) is 12.1. The maximum absolute atomic E-state index is 5.70. The number of para-hydroxylation sites is 3. The fourth-order valence-corrected chi connectivity index (χ4v) is 7.45. The van der Waals surface area contributed by atoms with Gasteiger partial charge in [0, 0.05) is 39.8 Å². The SMILES string of the molecule is C=C/C=C(\C)c1ccc2c3c(n(-c4ccccc4)c2c1)C=CCC3.NCc1ccc(-c2ccc(-n3c4ccccc4c4ccccc43)cc2)cc1. The van der Waals surface area contributed by atoms with E-state index in [0.29, 0.717) is 6.54 Å². The fraction of sp³-hybridized carbons (Fsp3) is 0.0833. The third-order valence-corrected chi connectivity index (χ3v) is 10.0. The summed E-state index contributed by atoms with van der Waals surface area (Å²) in [6, 6.07) is 51.9. The summed E-state index contributed by atoms with van der Waals surface area (Å²) in [5.74, 6) is 0. The molecule has 2 heterocycles. The van der Waals surface area contributed by atoms with Gasteiger partial charge in [0.15, 0.2) is 0 Å². The highest BCUT2D eigenvalue weighted by molar-refractivity contribution is 6.09. The van der Waals surface area contributed by atoms with Gasteiger partial charge in [-0.15, -0.1) is 0 Å². The van der Waals surface area contributed by atoms with E-state index in [0.717, 1.165) is 18.4 Å². The Bertz CT molecular complexity index is 2510. The molecule has 6 aromatic carbocycles. The van der Waals surface area contributed by atoms with Crippen molar-refractivity contribution in [2.24, 2.45) is 5.73 Å². The molecule has 0 saturated carbocycles. The van der Waals surface area contributed by atoms with Crippen molar-refractivity contribution < 1.29 is 0 Å². The molecule has 9 rings (SSSR count). The molecule has 0 saturated heterocycles. The van der Waals surface area contributed by atoms with E-state index >= 15 is 0 Å². The normalized spacial score (nSPS) is 12.5. The van der Waals surface area contributed by atoms with Crippen LogP contribution in [0.15, 0.2) is 170 Å². The van der Waals surface area contributed by atoms with Gasteiger partial charge in [0.25, 0.3) is 0 Å². The van der Waals surface area contributed by atoms with E-state index in [-0.39, 0.29) is 0 Å². The molecule has 3 heteroatoms. The van der Waals surface area contributed by atoms with Crippen LogP contribution in [0.3, 0.4) is 0 Å². The molecule has 3 nitrogen and oxygen atoms in total. The summed E-state index contributed by atoms with van der Waals surface area (Å²) in [6.07, 6.45) is 10.7. The van der Waals surface area contributed by atoms with Crippen molar-refractivity contribution in [3.63, 3.8) is 0 Å². The Morgan fingerprint density at radius 1 is 0.647 bits per heavy atom. The van der Waals surface area contributed by atoms with Gasteiger partial charge < -0.3 is 14.9 Å². The highest BCUT2D eigenvalue weighted by Crippen LogP contribution is 2.36. The second-order valence-corrected chi connectivity index (χ2v) is 13.1. The van der Waals surface area contributed by atoms with Crippen molar-refractivity contribution in [3.05, 3.63) is 193 Å². The van der Waals surface area contributed by atoms with Gasteiger partial charge in [-0.1, -0.05) is 128 Å². The largest absolute Gasteiger partial charge is 0.326 e. The number of nitrogens with two attached hydrogens (primary N) is 1. The molecular formula is C48H41N3. The summed E-state index contributed by atoms with van der Waals surface area (Å²) in [7, 11) is 0. The topological polar surface area (TPSA) is 35.9 Å². The lowest BCUT2D eigenvalue weighted by atomic mass is 9.99. The van der Waals surface area contributed by atoms with Crippen LogP contribution in [0.4, 0.5) is 0 Å². The molecule has 1 aliphatic carbocycles. The average Bonchev–Trinajstić information content (AvgIpc) is 3.71. The minimum absolute atomic E-state index is 0.576. The smallest absolute Gasteiger partial charge is 0.0543 e. The van der Waals surface area contributed by atoms with Crippen molar-refractivity contribution in [3.8, 4) is 22.5 Å². The highest BCUT2D eigenvalue weighted by atomic mass is 15.0. The first-order valence-corrected chi connectivity index (χ1v) is 17.7. The zero-order valence-corrected chi connectivity index (χ0v) is 29.0. The molecule has 51 heavy (non-hydrogen) atoms. The van der Waals surface area contributed by atoms with Crippen LogP contribution >= 0.6 is 0 Å². The number of benzene rings is 6. The van der Waals surface area contributed by atoms with E-state index < -0.39 is 0 Å². The van der Waals surface area contributed by atoms with Gasteiger partial charge >= 0.3 is 0 Å². The van der Waals surface area contributed by atoms with E-state index in [9.17, 15) is 0 Å². The van der Waals surface area contributed by atoms with Crippen LogP contribution in [-0.2, 0) is 13.0 Å². The summed E-state index contributed by atoms with van der Waals surface area (Å²) in [5.41, 5.74) is 20.7. The van der Waals surface area contributed by atoms with Crippen LogP contribution in [0, 0.1) is 0 Å². The second-order valence-electron chi connectivity index (χ2n) is 13.1. The Morgan fingerprint density at radius 3 is 1.90 bits per heavy atom. The van der Waals surface area contributed by atoms with Gasteiger partial charge in [-0.2, -0.15) is 0 Å². The molecular weight excluding hydrogens is 619 g/mol. The Balaban J connectivity index is 0.000000148. The summed E-state index contributed by atoms with van der Waals surface area (Å²) in [4.78, 5) is 0. The zero-order chi connectivity index (χ0) is 34.7. The molecule has 1 aliphatic rings. The van der Waals surface area contributed by atoms with Crippen LogP contribution in [0.5, 0.6) is 0 Å². The Morgan fingerprint density at radius 2 is 1.25 bits per heavy atom. The summed E-state index contributed by atoms with van der Waals surface area (Å²) in [5, 5.41) is 3.94. The van der Waals surface area contributed by atoms with E-state index in [4.69, 9.17) is 5.73 Å². The Hall–Kier alpha value is -6.16. The standard InChI is InChI=1S/C25H20N2.C23H21N/c26-17-18-9-11-19(12-10-18)20-13-15-21(16-14-20)27-24-7-3-1-5-22(24)23-6-2-4-8-25(23)27;1-3-9-17(2)18-14-15-21-20-12-7-8-13-22(20)24(23(21)16-18)19-10-5-4-6-11-19/h1-16H,17,26H2;3-6,8-11,13-16H,1,7,12H2,2H3/b;17-9+. The van der Waals surface area contributed by atoms with Gasteiger partial charge in [0.1, 0.15) is 0 Å². The van der Waals surface area contributed by atoms with E-state index in [1.54, 1.807) is 0 Å². The van der Waals surface area contributed by atoms with Crippen LogP contribution < -0.4 is 5.73 Å². The van der Waals surface area contributed by atoms with Crippen molar-refractivity contribution in [2.75, 3.05) is 0 Å². The molecule has 0 bridgehead atoms. The number of nitrogens with zero attached hydrogens (tertiary/aromatic N) is 2. The first kappa shape index (κ1) is 32.1. The molecule has 0 unspecified atom stereocenters. The fourth-order valence-electron chi connectivity index (χ4n) is 7.45. The van der Waals surface area contributed by atoms with Gasteiger partial charge in [-0.25, -0.2) is 0 Å². The number of aryl methyl sites for hydroxylation is 1. The van der Waals surface area contributed by atoms with Gasteiger partial charge in [0.05, 0.1) is 16.6 Å².